The largest absolute Gasteiger partial charge is 0.335 e. The Morgan fingerprint density at radius 2 is 1.95 bits per heavy atom. The summed E-state index contributed by atoms with van der Waals surface area (Å²) in [4.78, 5) is 13.6. The predicted octanol–water partition coefficient (Wildman–Crippen LogP) is 1.25. The maximum atomic E-state index is 12.0. The van der Waals surface area contributed by atoms with Gasteiger partial charge in [0, 0.05) is 13.0 Å². The molecule has 2 N–H and O–H groups in total. The molecule has 0 radical (unpaired) electrons. The number of nitrogens with two attached hydrogens (primary N) is 1. The predicted molar refractivity (Wildman–Crippen MR) is 77.6 cm³/mol. The van der Waals surface area contributed by atoms with Crippen LogP contribution in [0.15, 0.2) is 18.2 Å². The molecular weight excluding hydrogens is 276 g/mol. The van der Waals surface area contributed by atoms with Crippen LogP contribution >= 0.6 is 0 Å². The lowest BCUT2D eigenvalue weighted by molar-refractivity contribution is -0.129. The number of sulfonamides is 1. The van der Waals surface area contributed by atoms with E-state index in [1.54, 1.807) is 4.90 Å². The molecule has 2 unspecified atom stereocenters. The number of carbonyl (C=O) groups is 1. The van der Waals surface area contributed by atoms with Gasteiger partial charge in [0.25, 0.3) is 0 Å². The third-order valence-electron chi connectivity index (χ3n) is 4.07. The van der Waals surface area contributed by atoms with Gasteiger partial charge in [0.2, 0.25) is 15.9 Å². The topological polar surface area (TPSA) is 80.5 Å². The highest BCUT2D eigenvalue weighted by atomic mass is 32.2. The average Bonchev–Trinajstić information content (AvgIpc) is 2.74. The first-order valence-corrected chi connectivity index (χ1v) is 8.19. The number of amides is 1. The van der Waals surface area contributed by atoms with E-state index in [-0.39, 0.29) is 24.9 Å². The summed E-state index contributed by atoms with van der Waals surface area (Å²) in [6.07, 6.45) is -0.0198. The Balaban J connectivity index is 2.23. The van der Waals surface area contributed by atoms with Crippen LogP contribution in [0.4, 0.5) is 0 Å². The van der Waals surface area contributed by atoms with Gasteiger partial charge in [0.1, 0.15) is 5.25 Å². The molecule has 0 spiro atoms. The van der Waals surface area contributed by atoms with E-state index in [0.717, 1.165) is 11.1 Å². The molecule has 1 saturated heterocycles. The smallest absolute Gasteiger partial charge is 0.224 e. The van der Waals surface area contributed by atoms with Crippen LogP contribution in [-0.4, -0.2) is 31.0 Å². The highest BCUT2D eigenvalue weighted by Crippen LogP contribution is 2.28. The van der Waals surface area contributed by atoms with Crippen molar-refractivity contribution in [3.63, 3.8) is 0 Å². The van der Waals surface area contributed by atoms with Gasteiger partial charge in [-0.2, -0.15) is 0 Å². The Labute approximate surface area is 119 Å². The molecule has 0 bridgehead atoms. The molecule has 6 heteroatoms. The Hall–Kier alpha value is -1.40. The highest BCUT2D eigenvalue weighted by Gasteiger charge is 2.38. The fourth-order valence-electron chi connectivity index (χ4n) is 2.50. The van der Waals surface area contributed by atoms with E-state index in [4.69, 9.17) is 5.14 Å². The van der Waals surface area contributed by atoms with Crippen LogP contribution in [0, 0.1) is 13.8 Å². The summed E-state index contributed by atoms with van der Waals surface area (Å²) in [7, 11) is -3.66. The van der Waals surface area contributed by atoms with Crippen molar-refractivity contribution in [2.45, 2.75) is 38.5 Å². The Kier molecular flexibility index (Phi) is 3.88. The van der Waals surface area contributed by atoms with E-state index in [1.165, 1.54) is 5.56 Å². The molecular formula is C14H20N2O3S. The van der Waals surface area contributed by atoms with Gasteiger partial charge >= 0.3 is 0 Å². The van der Waals surface area contributed by atoms with Crippen molar-refractivity contribution in [2.24, 2.45) is 5.14 Å². The fraction of sp³-hybridized carbons (Fsp3) is 0.500. The first-order valence-electron chi connectivity index (χ1n) is 6.58. The number of rotatable bonds is 3. The Morgan fingerprint density at radius 3 is 2.45 bits per heavy atom. The number of nitrogens with zero attached hydrogens (tertiary/aromatic N) is 1. The number of hydrogen-bond donors (Lipinski definition) is 1. The van der Waals surface area contributed by atoms with E-state index in [1.807, 2.05) is 39.0 Å². The Bertz CT molecular complexity index is 640. The van der Waals surface area contributed by atoms with E-state index >= 15 is 0 Å². The summed E-state index contributed by atoms with van der Waals surface area (Å²) in [6, 6.07) is 5.88. The summed E-state index contributed by atoms with van der Waals surface area (Å²) in [5.41, 5.74) is 3.36. The quantitative estimate of drug-likeness (QED) is 0.911. The third-order valence-corrected chi connectivity index (χ3v) is 5.31. The molecule has 1 fully saturated rings. The molecule has 1 amide bonds. The molecule has 0 aromatic heterocycles. The second kappa shape index (κ2) is 5.18. The summed E-state index contributed by atoms with van der Waals surface area (Å²) in [5.74, 6) is -0.158. The Morgan fingerprint density at radius 1 is 1.30 bits per heavy atom. The molecule has 1 aromatic carbocycles. The zero-order valence-electron chi connectivity index (χ0n) is 12.0. The minimum atomic E-state index is -3.66. The van der Waals surface area contributed by atoms with E-state index in [9.17, 15) is 13.2 Å². The van der Waals surface area contributed by atoms with Crippen molar-refractivity contribution in [2.75, 3.05) is 6.54 Å². The normalized spacial score (nSPS) is 21.3. The molecule has 1 aromatic rings. The minimum Gasteiger partial charge on any atom is -0.335 e. The molecule has 1 aliphatic rings. The maximum Gasteiger partial charge on any atom is 0.224 e. The highest BCUT2D eigenvalue weighted by molar-refractivity contribution is 7.89. The molecule has 0 aliphatic carbocycles. The second-order valence-electron chi connectivity index (χ2n) is 5.48. The standard InChI is InChI=1S/C14H20N2O3S/c1-9-4-5-12(6-10(9)2)11(3)16-8-13(7-14(16)17)20(15,18)19/h4-6,11,13H,7-8H2,1-3H3,(H2,15,18,19). The molecule has 0 saturated carbocycles. The monoisotopic (exact) mass is 296 g/mol. The van der Waals surface area contributed by atoms with E-state index in [0.29, 0.717) is 0 Å². The maximum absolute atomic E-state index is 12.0. The number of likely N-dealkylation sites (tertiary alicyclic amines) is 1. The summed E-state index contributed by atoms with van der Waals surface area (Å²) >= 11 is 0. The molecule has 1 heterocycles. The van der Waals surface area contributed by atoms with Crippen LogP contribution in [0.3, 0.4) is 0 Å². The first-order chi connectivity index (χ1) is 9.20. The van der Waals surface area contributed by atoms with Crippen LogP contribution in [0.5, 0.6) is 0 Å². The lowest BCUT2D eigenvalue weighted by Gasteiger charge is -2.25. The number of benzene rings is 1. The summed E-state index contributed by atoms with van der Waals surface area (Å²) < 4.78 is 22.8. The summed E-state index contributed by atoms with van der Waals surface area (Å²) in [6.45, 7) is 6.13. The van der Waals surface area contributed by atoms with Gasteiger partial charge in [0.05, 0.1) is 6.04 Å². The molecule has 2 atom stereocenters. The number of hydrogen-bond acceptors (Lipinski definition) is 3. The van der Waals surface area contributed by atoms with Gasteiger partial charge < -0.3 is 4.90 Å². The van der Waals surface area contributed by atoms with Crippen LogP contribution in [0.1, 0.15) is 36.1 Å². The summed E-state index contributed by atoms with van der Waals surface area (Å²) in [5, 5.41) is 4.35. The van der Waals surface area contributed by atoms with E-state index in [2.05, 4.69) is 0 Å². The van der Waals surface area contributed by atoms with Crippen LogP contribution in [-0.2, 0) is 14.8 Å². The van der Waals surface area contributed by atoms with Crippen molar-refractivity contribution in [1.82, 2.24) is 4.90 Å². The third kappa shape index (κ3) is 2.86. The fourth-order valence-corrected chi connectivity index (χ4v) is 3.24. The molecule has 5 nitrogen and oxygen atoms in total. The van der Waals surface area contributed by atoms with Crippen molar-refractivity contribution >= 4 is 15.9 Å². The molecule has 110 valence electrons. The van der Waals surface area contributed by atoms with Gasteiger partial charge in [0.15, 0.2) is 0 Å². The van der Waals surface area contributed by atoms with Gasteiger partial charge in [-0.1, -0.05) is 18.2 Å². The number of primary sulfonamides is 1. The molecule has 1 aliphatic heterocycles. The van der Waals surface area contributed by atoms with Gasteiger partial charge in [-0.15, -0.1) is 0 Å². The van der Waals surface area contributed by atoms with Gasteiger partial charge in [-0.3, -0.25) is 4.79 Å². The molecule has 2 rings (SSSR count). The second-order valence-corrected chi connectivity index (χ2v) is 7.33. The lowest BCUT2D eigenvalue weighted by atomic mass is 10.0. The number of aryl methyl sites for hydroxylation is 2. The molecule has 20 heavy (non-hydrogen) atoms. The average molecular weight is 296 g/mol. The van der Waals surface area contributed by atoms with Crippen molar-refractivity contribution < 1.29 is 13.2 Å². The SMILES string of the molecule is Cc1ccc(C(C)N2CC(S(N)(=O)=O)CC2=O)cc1C. The number of carbonyl (C=O) groups excluding carboxylic acids is 1. The first kappa shape index (κ1) is 15.0. The van der Waals surface area contributed by atoms with Gasteiger partial charge in [-0.05, 0) is 37.5 Å². The van der Waals surface area contributed by atoms with Gasteiger partial charge in [-0.25, -0.2) is 13.6 Å². The van der Waals surface area contributed by atoms with E-state index < -0.39 is 15.3 Å². The van der Waals surface area contributed by atoms with Crippen LogP contribution < -0.4 is 5.14 Å². The minimum absolute atomic E-state index is 0.0198. The van der Waals surface area contributed by atoms with Crippen molar-refractivity contribution in [1.29, 1.82) is 0 Å². The zero-order valence-corrected chi connectivity index (χ0v) is 12.8. The zero-order chi connectivity index (χ0) is 15.1. The van der Waals surface area contributed by atoms with Crippen molar-refractivity contribution in [3.8, 4) is 0 Å². The van der Waals surface area contributed by atoms with Crippen LogP contribution in [0.25, 0.3) is 0 Å². The van der Waals surface area contributed by atoms with Crippen LogP contribution in [0.2, 0.25) is 0 Å². The van der Waals surface area contributed by atoms with Crippen molar-refractivity contribution in [3.05, 3.63) is 34.9 Å². The lowest BCUT2D eigenvalue weighted by Crippen LogP contribution is -2.33.